The van der Waals surface area contributed by atoms with Gasteiger partial charge in [0.25, 0.3) is 0 Å². The van der Waals surface area contributed by atoms with Crippen molar-refractivity contribution in [1.29, 1.82) is 0 Å². The molecular weight excluding hydrogens is 600 g/mol. The summed E-state index contributed by atoms with van der Waals surface area (Å²) >= 11 is 0. The number of allylic oxidation sites excluding steroid dienone is 1. The maximum Gasteiger partial charge on any atom is 0.338 e. The summed E-state index contributed by atoms with van der Waals surface area (Å²) in [6.45, 7) is 0.735. The molecular formula is C30H34O15. The second-order valence-electron chi connectivity index (χ2n) is 11.1. The summed E-state index contributed by atoms with van der Waals surface area (Å²) in [5.74, 6) is -4.24. The van der Waals surface area contributed by atoms with Gasteiger partial charge in [-0.05, 0) is 36.8 Å². The molecule has 1 spiro atoms. The SMILES string of the molecule is COC(=O)C1=CO[C@@H](O[C@@H]2O[C@H](CO)[C@@H](O)[C@@H](O)[C@H]2O)[C@H]2[C@@H]1C=C[C@@]21C=C([C@H](C)OC(=O)C[C@H](O)c2ccc(O)cc2)C(=O)O1. The molecule has 0 radical (unpaired) electrons. The van der Waals surface area contributed by atoms with Gasteiger partial charge >= 0.3 is 17.9 Å². The monoisotopic (exact) mass is 634 g/mol. The lowest BCUT2D eigenvalue weighted by Gasteiger charge is -2.44. The van der Waals surface area contributed by atoms with E-state index in [1.165, 1.54) is 50.5 Å². The zero-order chi connectivity index (χ0) is 32.6. The Morgan fingerprint density at radius 1 is 1.07 bits per heavy atom. The van der Waals surface area contributed by atoms with Crippen LogP contribution in [0.15, 0.2) is 59.9 Å². The van der Waals surface area contributed by atoms with E-state index in [1.54, 1.807) is 6.08 Å². The van der Waals surface area contributed by atoms with Crippen LogP contribution in [-0.2, 0) is 42.8 Å². The van der Waals surface area contributed by atoms with Crippen LogP contribution in [0.3, 0.4) is 0 Å². The highest BCUT2D eigenvalue weighted by Gasteiger charge is 2.60. The Morgan fingerprint density at radius 3 is 2.44 bits per heavy atom. The van der Waals surface area contributed by atoms with Gasteiger partial charge in [-0.1, -0.05) is 18.2 Å². The van der Waals surface area contributed by atoms with Crippen molar-refractivity contribution in [3.05, 3.63) is 65.5 Å². The maximum absolute atomic E-state index is 13.2. The highest BCUT2D eigenvalue weighted by atomic mass is 16.8. The third-order valence-electron chi connectivity index (χ3n) is 8.26. The predicted octanol–water partition coefficient (Wildman–Crippen LogP) is -0.999. The summed E-state index contributed by atoms with van der Waals surface area (Å²) in [7, 11) is 1.17. The van der Waals surface area contributed by atoms with Crippen LogP contribution in [0.4, 0.5) is 0 Å². The number of aliphatic hydroxyl groups is 5. The minimum absolute atomic E-state index is 0.00986. The fourth-order valence-electron chi connectivity index (χ4n) is 5.84. The fourth-order valence-corrected chi connectivity index (χ4v) is 5.84. The Hall–Kier alpha value is -3.83. The van der Waals surface area contributed by atoms with Gasteiger partial charge in [0.15, 0.2) is 11.9 Å². The molecule has 3 heterocycles. The number of methoxy groups -OCH3 is 1. The normalized spacial score (nSPS) is 35.0. The molecule has 3 aliphatic heterocycles. The van der Waals surface area contributed by atoms with E-state index in [4.69, 9.17) is 28.4 Å². The van der Waals surface area contributed by atoms with Crippen molar-refractivity contribution < 1.29 is 73.4 Å². The predicted molar refractivity (Wildman–Crippen MR) is 146 cm³/mol. The van der Waals surface area contributed by atoms with Crippen LogP contribution in [0.5, 0.6) is 5.75 Å². The number of benzene rings is 1. The second kappa shape index (κ2) is 12.9. The van der Waals surface area contributed by atoms with E-state index in [0.29, 0.717) is 5.56 Å². The van der Waals surface area contributed by atoms with Gasteiger partial charge in [0.05, 0.1) is 49.6 Å². The van der Waals surface area contributed by atoms with E-state index in [0.717, 1.165) is 6.26 Å². The molecule has 1 fully saturated rings. The molecule has 0 bridgehead atoms. The molecule has 5 rings (SSSR count). The van der Waals surface area contributed by atoms with E-state index in [-0.39, 0.29) is 16.9 Å². The van der Waals surface area contributed by atoms with Gasteiger partial charge in [-0.15, -0.1) is 0 Å². The number of rotatable bonds is 9. The van der Waals surface area contributed by atoms with Gasteiger partial charge in [0, 0.05) is 5.92 Å². The van der Waals surface area contributed by atoms with Gasteiger partial charge in [0.1, 0.15) is 36.3 Å². The third-order valence-corrected chi connectivity index (χ3v) is 8.26. The van der Waals surface area contributed by atoms with Crippen LogP contribution in [0.2, 0.25) is 0 Å². The number of carbonyl (C=O) groups is 3. The van der Waals surface area contributed by atoms with Crippen LogP contribution in [0.1, 0.15) is 25.0 Å². The lowest BCUT2D eigenvalue weighted by molar-refractivity contribution is -0.344. The van der Waals surface area contributed by atoms with Crippen molar-refractivity contribution in [3.8, 4) is 5.75 Å². The molecule has 0 aromatic heterocycles. The first-order valence-corrected chi connectivity index (χ1v) is 14.1. The van der Waals surface area contributed by atoms with E-state index < -0.39 is 97.6 Å². The zero-order valence-corrected chi connectivity index (χ0v) is 24.2. The minimum Gasteiger partial charge on any atom is -0.508 e. The number of carbonyl (C=O) groups excluding carboxylic acids is 3. The van der Waals surface area contributed by atoms with E-state index >= 15 is 0 Å². The number of fused-ring (bicyclic) bond motifs is 2. The summed E-state index contributed by atoms with van der Waals surface area (Å²) < 4.78 is 33.1. The topological polar surface area (TPSA) is 228 Å². The Labute approximate surface area is 256 Å². The quantitative estimate of drug-likeness (QED) is 0.109. The molecule has 15 nitrogen and oxygen atoms in total. The minimum atomic E-state index is -1.77. The van der Waals surface area contributed by atoms with Crippen molar-refractivity contribution in [2.75, 3.05) is 13.7 Å². The highest BCUT2D eigenvalue weighted by Crippen LogP contribution is 2.51. The Bertz CT molecular complexity index is 1380. The first kappa shape index (κ1) is 32.6. The average molecular weight is 635 g/mol. The summed E-state index contributed by atoms with van der Waals surface area (Å²) in [4.78, 5) is 38.4. The Kier molecular flexibility index (Phi) is 9.32. The number of phenolic OH excluding ortho intramolecular Hbond substituents is 1. The first-order chi connectivity index (χ1) is 21.4. The number of phenols is 1. The third kappa shape index (κ3) is 6.20. The number of aromatic hydroxyl groups is 1. The number of esters is 3. The van der Waals surface area contributed by atoms with Crippen molar-refractivity contribution in [2.24, 2.45) is 11.8 Å². The van der Waals surface area contributed by atoms with Crippen LogP contribution in [-0.4, -0.2) is 111 Å². The first-order valence-electron chi connectivity index (χ1n) is 14.1. The van der Waals surface area contributed by atoms with Crippen LogP contribution in [0, 0.1) is 11.8 Å². The number of aliphatic hydroxyl groups excluding tert-OH is 5. The maximum atomic E-state index is 13.2. The molecule has 11 atom stereocenters. The molecule has 4 aliphatic rings. The highest BCUT2D eigenvalue weighted by molar-refractivity contribution is 5.94. The molecule has 1 aromatic carbocycles. The van der Waals surface area contributed by atoms with Crippen LogP contribution >= 0.6 is 0 Å². The molecule has 0 saturated carbocycles. The van der Waals surface area contributed by atoms with Gasteiger partial charge in [-0.25, -0.2) is 9.59 Å². The zero-order valence-electron chi connectivity index (χ0n) is 24.2. The van der Waals surface area contributed by atoms with Crippen molar-refractivity contribution in [2.45, 2.75) is 68.1 Å². The lowest BCUT2D eigenvalue weighted by Crippen LogP contribution is -2.60. The lowest BCUT2D eigenvalue weighted by atomic mass is 9.78. The fraction of sp³-hybridized carbons (Fsp3) is 0.500. The van der Waals surface area contributed by atoms with Gasteiger partial charge in [-0.2, -0.15) is 0 Å². The average Bonchev–Trinajstić information content (AvgIpc) is 3.56. The van der Waals surface area contributed by atoms with Crippen LogP contribution < -0.4 is 0 Å². The van der Waals surface area contributed by atoms with E-state index in [9.17, 15) is 45.0 Å². The molecule has 0 unspecified atom stereocenters. The molecule has 0 amide bonds. The molecule has 1 saturated heterocycles. The Morgan fingerprint density at radius 2 is 1.78 bits per heavy atom. The largest absolute Gasteiger partial charge is 0.508 e. The van der Waals surface area contributed by atoms with Gasteiger partial charge in [-0.3, -0.25) is 4.79 Å². The van der Waals surface area contributed by atoms with Gasteiger partial charge in [0.2, 0.25) is 6.29 Å². The Balaban J connectivity index is 1.37. The number of ether oxygens (including phenoxy) is 6. The van der Waals surface area contributed by atoms with E-state index in [1.807, 2.05) is 0 Å². The summed E-state index contributed by atoms with van der Waals surface area (Å²) in [6.07, 6.45) is -6.65. The molecule has 45 heavy (non-hydrogen) atoms. The second-order valence-corrected chi connectivity index (χ2v) is 11.1. The molecule has 15 heteroatoms. The smallest absolute Gasteiger partial charge is 0.338 e. The van der Waals surface area contributed by atoms with Crippen LogP contribution in [0.25, 0.3) is 0 Å². The van der Waals surface area contributed by atoms with Gasteiger partial charge < -0.3 is 59.1 Å². The van der Waals surface area contributed by atoms with Crippen molar-refractivity contribution in [3.63, 3.8) is 0 Å². The summed E-state index contributed by atoms with van der Waals surface area (Å²) in [5, 5.41) is 60.3. The molecule has 6 N–H and O–H groups in total. The molecule has 1 aromatic rings. The molecule has 1 aliphatic carbocycles. The summed E-state index contributed by atoms with van der Waals surface area (Å²) in [6, 6.07) is 5.62. The van der Waals surface area contributed by atoms with Crippen molar-refractivity contribution >= 4 is 17.9 Å². The van der Waals surface area contributed by atoms with E-state index in [2.05, 4.69) is 0 Å². The van der Waals surface area contributed by atoms with Crippen molar-refractivity contribution in [1.82, 2.24) is 0 Å². The molecule has 244 valence electrons. The number of hydrogen-bond acceptors (Lipinski definition) is 15. The standard InChI is InChI=1S/C30H34O15/c1-13(42-21(34)9-19(33)14-3-5-15(32)6-4-14)17-10-30(45-27(17)39)8-7-16-18(26(38)40-2)12-41-28(22(16)30)44-29-25(37)24(36)23(35)20(11-31)43-29/h3-8,10,12-13,16,19-20,22-25,28-29,31-33,35-37H,9,11H2,1-2H3/t13-,16+,19-,20+,22+,23+,24+,25+,28-,29-,30+/m0/s1. The number of hydrogen-bond donors (Lipinski definition) is 6. The summed E-state index contributed by atoms with van der Waals surface area (Å²) in [5.41, 5.74) is -1.22.